The highest BCUT2D eigenvalue weighted by Gasteiger charge is 2.36. The van der Waals surface area contributed by atoms with Crippen LogP contribution >= 0.6 is 27.5 Å². The van der Waals surface area contributed by atoms with Gasteiger partial charge in [0, 0.05) is 28.8 Å². The zero-order valence-corrected chi connectivity index (χ0v) is 18.3. The molecule has 2 amide bonds. The molecule has 0 saturated carbocycles. The number of aryl methyl sites for hydroxylation is 1. The number of carbonyl (C=O) groups excluding carboxylic acids is 3. The van der Waals surface area contributed by atoms with Crippen molar-refractivity contribution in [2.45, 2.75) is 20.3 Å². The van der Waals surface area contributed by atoms with Crippen molar-refractivity contribution in [2.75, 3.05) is 23.4 Å². The van der Waals surface area contributed by atoms with Crippen LogP contribution < -0.4 is 10.2 Å². The predicted molar refractivity (Wildman–Crippen MR) is 115 cm³/mol. The maximum absolute atomic E-state index is 12.3. The van der Waals surface area contributed by atoms with Crippen molar-refractivity contribution in [2.24, 2.45) is 5.92 Å². The number of carbonyl (C=O) groups is 3. The molecule has 152 valence electrons. The number of anilines is 2. The van der Waals surface area contributed by atoms with Crippen LogP contribution in [0, 0.1) is 19.8 Å². The van der Waals surface area contributed by atoms with Gasteiger partial charge in [-0.15, -0.1) is 0 Å². The standard InChI is InChI=1S/C21H20BrClN2O4/c1-12-4-3-5-15(8-12)25-10-14(9-19(25)27)21(28)29-11-18(26)24-17-7-6-16(22)20(23)13(17)2/h3-8,14H,9-11H2,1-2H3,(H,24,26)/t14-/m1/s1. The highest BCUT2D eigenvalue weighted by molar-refractivity contribution is 9.10. The Balaban J connectivity index is 1.55. The van der Waals surface area contributed by atoms with Crippen LogP contribution in [0.15, 0.2) is 40.9 Å². The molecule has 0 bridgehead atoms. The van der Waals surface area contributed by atoms with Crippen molar-refractivity contribution in [3.8, 4) is 0 Å². The van der Waals surface area contributed by atoms with Crippen LogP contribution in [0.5, 0.6) is 0 Å². The summed E-state index contributed by atoms with van der Waals surface area (Å²) in [5.41, 5.74) is 3.03. The Hall–Kier alpha value is -2.38. The molecule has 0 radical (unpaired) electrons. The zero-order valence-electron chi connectivity index (χ0n) is 16.0. The summed E-state index contributed by atoms with van der Waals surface area (Å²) in [6.07, 6.45) is 0.0653. The first-order valence-electron chi connectivity index (χ1n) is 9.04. The third-order valence-electron chi connectivity index (χ3n) is 4.73. The van der Waals surface area contributed by atoms with Crippen LogP contribution in [0.1, 0.15) is 17.5 Å². The molecular weight excluding hydrogens is 460 g/mol. The lowest BCUT2D eigenvalue weighted by atomic mass is 10.1. The molecule has 0 aliphatic carbocycles. The average molecular weight is 480 g/mol. The third kappa shape index (κ3) is 4.97. The normalized spacial score (nSPS) is 16.1. The molecule has 1 fully saturated rings. The van der Waals surface area contributed by atoms with Crippen molar-refractivity contribution in [3.05, 3.63) is 57.0 Å². The van der Waals surface area contributed by atoms with E-state index in [-0.39, 0.29) is 18.9 Å². The van der Waals surface area contributed by atoms with Gasteiger partial charge in [0.05, 0.1) is 10.9 Å². The number of nitrogens with zero attached hydrogens (tertiary/aromatic N) is 1. The fourth-order valence-corrected chi connectivity index (χ4v) is 3.73. The van der Waals surface area contributed by atoms with Gasteiger partial charge >= 0.3 is 5.97 Å². The zero-order chi connectivity index (χ0) is 21.1. The van der Waals surface area contributed by atoms with E-state index in [0.717, 1.165) is 15.7 Å². The first-order chi connectivity index (χ1) is 13.8. The van der Waals surface area contributed by atoms with Gasteiger partial charge in [0.15, 0.2) is 6.61 Å². The second kappa shape index (κ2) is 8.97. The lowest BCUT2D eigenvalue weighted by molar-refractivity contribution is -0.151. The minimum Gasteiger partial charge on any atom is -0.455 e. The van der Waals surface area contributed by atoms with E-state index in [1.54, 1.807) is 24.0 Å². The highest BCUT2D eigenvalue weighted by Crippen LogP contribution is 2.31. The summed E-state index contributed by atoms with van der Waals surface area (Å²) >= 11 is 9.47. The molecule has 8 heteroatoms. The Labute approximate surface area is 182 Å². The summed E-state index contributed by atoms with van der Waals surface area (Å²) in [4.78, 5) is 38.4. The molecule has 0 unspecified atom stereocenters. The number of hydrogen-bond donors (Lipinski definition) is 1. The van der Waals surface area contributed by atoms with E-state index in [2.05, 4.69) is 21.2 Å². The molecule has 2 aromatic rings. The number of esters is 1. The third-order valence-corrected chi connectivity index (χ3v) is 6.11. The van der Waals surface area contributed by atoms with E-state index in [1.807, 2.05) is 31.2 Å². The maximum Gasteiger partial charge on any atom is 0.311 e. The van der Waals surface area contributed by atoms with Crippen LogP contribution in [0.4, 0.5) is 11.4 Å². The van der Waals surface area contributed by atoms with Gasteiger partial charge in [0.2, 0.25) is 5.91 Å². The molecule has 3 rings (SSSR count). The Morgan fingerprint density at radius 2 is 2.03 bits per heavy atom. The number of hydrogen-bond acceptors (Lipinski definition) is 4. The van der Waals surface area contributed by atoms with Crippen LogP contribution in [0.25, 0.3) is 0 Å². The molecular formula is C21H20BrClN2O4. The molecule has 2 aromatic carbocycles. The number of halogens is 2. The van der Waals surface area contributed by atoms with Gasteiger partial charge in [0.25, 0.3) is 5.91 Å². The monoisotopic (exact) mass is 478 g/mol. The van der Waals surface area contributed by atoms with Crippen LogP contribution in [-0.4, -0.2) is 30.9 Å². The van der Waals surface area contributed by atoms with Gasteiger partial charge in [-0.3, -0.25) is 14.4 Å². The van der Waals surface area contributed by atoms with E-state index in [9.17, 15) is 14.4 Å². The number of benzene rings is 2. The van der Waals surface area contributed by atoms with Crippen LogP contribution in [0.2, 0.25) is 5.02 Å². The fourth-order valence-electron chi connectivity index (χ4n) is 3.14. The SMILES string of the molecule is Cc1cccc(N2C[C@H](C(=O)OCC(=O)Nc3ccc(Br)c(Cl)c3C)CC2=O)c1. The predicted octanol–water partition coefficient (Wildman–Crippen LogP) is 4.25. The van der Waals surface area contributed by atoms with Gasteiger partial charge in [-0.05, 0) is 65.2 Å². The Kier molecular flexibility index (Phi) is 6.59. The number of rotatable bonds is 5. The molecule has 1 saturated heterocycles. The number of amides is 2. The maximum atomic E-state index is 12.3. The van der Waals surface area contributed by atoms with Gasteiger partial charge in [0.1, 0.15) is 0 Å². The van der Waals surface area contributed by atoms with E-state index in [0.29, 0.717) is 16.3 Å². The number of nitrogens with one attached hydrogen (secondary N) is 1. The van der Waals surface area contributed by atoms with Crippen molar-refractivity contribution < 1.29 is 19.1 Å². The molecule has 0 aromatic heterocycles. The molecule has 0 spiro atoms. The largest absolute Gasteiger partial charge is 0.455 e. The molecule has 1 aliphatic rings. The minimum atomic E-state index is -0.598. The molecule has 29 heavy (non-hydrogen) atoms. The van der Waals surface area contributed by atoms with Crippen LogP contribution in [0.3, 0.4) is 0 Å². The van der Waals surface area contributed by atoms with Crippen LogP contribution in [-0.2, 0) is 19.1 Å². The lowest BCUT2D eigenvalue weighted by Crippen LogP contribution is -2.28. The summed E-state index contributed by atoms with van der Waals surface area (Å²) in [6, 6.07) is 11.0. The van der Waals surface area contributed by atoms with Crippen molar-refractivity contribution in [3.63, 3.8) is 0 Å². The lowest BCUT2D eigenvalue weighted by Gasteiger charge is -2.17. The van der Waals surface area contributed by atoms with E-state index < -0.39 is 24.4 Å². The quantitative estimate of drug-likeness (QED) is 0.651. The summed E-state index contributed by atoms with van der Waals surface area (Å²) in [5.74, 6) is -1.77. The molecule has 1 heterocycles. The van der Waals surface area contributed by atoms with E-state index >= 15 is 0 Å². The van der Waals surface area contributed by atoms with Crippen molar-refractivity contribution in [1.29, 1.82) is 0 Å². The summed E-state index contributed by atoms with van der Waals surface area (Å²) in [6.45, 7) is 3.53. The van der Waals surface area contributed by atoms with Crippen molar-refractivity contribution in [1.82, 2.24) is 0 Å². The fraction of sp³-hybridized carbons (Fsp3) is 0.286. The molecule has 1 N–H and O–H groups in total. The molecule has 6 nitrogen and oxygen atoms in total. The van der Waals surface area contributed by atoms with Gasteiger partial charge < -0.3 is 15.0 Å². The van der Waals surface area contributed by atoms with Gasteiger partial charge in [-0.1, -0.05) is 23.7 Å². The highest BCUT2D eigenvalue weighted by atomic mass is 79.9. The summed E-state index contributed by atoms with van der Waals surface area (Å²) in [5, 5.41) is 3.18. The second-order valence-electron chi connectivity index (χ2n) is 6.93. The summed E-state index contributed by atoms with van der Waals surface area (Å²) < 4.78 is 5.86. The van der Waals surface area contributed by atoms with Gasteiger partial charge in [-0.25, -0.2) is 0 Å². The first-order valence-corrected chi connectivity index (χ1v) is 10.2. The Morgan fingerprint density at radius 1 is 1.28 bits per heavy atom. The Morgan fingerprint density at radius 3 is 2.76 bits per heavy atom. The first kappa shape index (κ1) is 21.3. The topological polar surface area (TPSA) is 75.7 Å². The Bertz CT molecular complexity index is 979. The summed E-state index contributed by atoms with van der Waals surface area (Å²) in [7, 11) is 0. The molecule has 1 aliphatic heterocycles. The smallest absolute Gasteiger partial charge is 0.311 e. The second-order valence-corrected chi connectivity index (χ2v) is 8.17. The minimum absolute atomic E-state index is 0.0653. The van der Waals surface area contributed by atoms with E-state index in [4.69, 9.17) is 16.3 Å². The number of ether oxygens (including phenoxy) is 1. The average Bonchev–Trinajstić information content (AvgIpc) is 3.08. The van der Waals surface area contributed by atoms with E-state index in [1.165, 1.54) is 0 Å². The molecule has 1 atom stereocenters. The van der Waals surface area contributed by atoms with Crippen molar-refractivity contribution >= 4 is 56.7 Å². The van der Waals surface area contributed by atoms with Gasteiger partial charge in [-0.2, -0.15) is 0 Å².